The number of carbonyl (C=O) groups is 2. The van der Waals surface area contributed by atoms with Crippen LogP contribution in [-0.4, -0.2) is 27.0 Å². The van der Waals surface area contributed by atoms with Gasteiger partial charge in [0.15, 0.2) is 0 Å². The van der Waals surface area contributed by atoms with Crippen LogP contribution < -0.4 is 5.32 Å². The summed E-state index contributed by atoms with van der Waals surface area (Å²) in [5.41, 5.74) is 3.68. The van der Waals surface area contributed by atoms with Crippen molar-refractivity contribution in [1.82, 2.24) is 9.88 Å². The van der Waals surface area contributed by atoms with E-state index in [0.29, 0.717) is 5.56 Å². The third-order valence-electron chi connectivity index (χ3n) is 5.82. The van der Waals surface area contributed by atoms with Crippen LogP contribution in [0.5, 0.6) is 0 Å². The standard InChI is InChI=1S/C29H24F3N3O3/c30-29(31,32)25-11-13-26(14-12-25)34-28(38)35(19-22-2-1-15-33-17-22)18-21-5-9-24(10-6-21)23-7-3-20(4-8-23)16-27(36)37/h1-15,17H,16,18-19H2,(H,34,38)(H,36,37). The van der Waals surface area contributed by atoms with E-state index in [2.05, 4.69) is 10.3 Å². The average molecular weight is 520 g/mol. The molecule has 0 aliphatic rings. The fourth-order valence-corrected chi connectivity index (χ4v) is 3.87. The highest BCUT2D eigenvalue weighted by Crippen LogP contribution is 2.30. The number of alkyl halides is 3. The lowest BCUT2D eigenvalue weighted by molar-refractivity contribution is -0.138. The minimum absolute atomic E-state index is 0.0411. The summed E-state index contributed by atoms with van der Waals surface area (Å²) in [4.78, 5) is 29.7. The van der Waals surface area contributed by atoms with Crippen molar-refractivity contribution in [2.75, 3.05) is 5.32 Å². The predicted octanol–water partition coefficient (Wildman–Crippen LogP) is 6.63. The van der Waals surface area contributed by atoms with Crippen LogP contribution in [0, 0.1) is 0 Å². The largest absolute Gasteiger partial charge is 0.481 e. The van der Waals surface area contributed by atoms with Crippen molar-refractivity contribution in [3.8, 4) is 11.1 Å². The number of carboxylic acid groups (broad SMARTS) is 1. The number of rotatable bonds is 8. The lowest BCUT2D eigenvalue weighted by Crippen LogP contribution is -2.34. The topological polar surface area (TPSA) is 82.5 Å². The molecule has 0 spiro atoms. The lowest BCUT2D eigenvalue weighted by atomic mass is 10.0. The Balaban J connectivity index is 1.49. The molecule has 0 aliphatic carbocycles. The number of urea groups is 1. The van der Waals surface area contributed by atoms with Gasteiger partial charge in [-0.15, -0.1) is 0 Å². The molecule has 0 aliphatic heterocycles. The number of carbonyl (C=O) groups excluding carboxylic acids is 1. The Morgan fingerprint density at radius 1 is 0.789 bits per heavy atom. The molecule has 38 heavy (non-hydrogen) atoms. The Bertz CT molecular complexity index is 1370. The summed E-state index contributed by atoms with van der Waals surface area (Å²) < 4.78 is 38.6. The first-order valence-electron chi connectivity index (χ1n) is 11.7. The van der Waals surface area contributed by atoms with Crippen molar-refractivity contribution in [3.05, 3.63) is 120 Å². The molecule has 2 amide bonds. The van der Waals surface area contributed by atoms with Gasteiger partial charge < -0.3 is 15.3 Å². The maximum absolute atomic E-state index is 13.1. The van der Waals surface area contributed by atoms with E-state index < -0.39 is 23.7 Å². The van der Waals surface area contributed by atoms with Crippen molar-refractivity contribution >= 4 is 17.7 Å². The number of aliphatic carboxylic acids is 1. The molecule has 1 heterocycles. The molecule has 4 aromatic rings. The number of hydrogen-bond donors (Lipinski definition) is 2. The lowest BCUT2D eigenvalue weighted by Gasteiger charge is -2.23. The van der Waals surface area contributed by atoms with E-state index in [0.717, 1.165) is 34.4 Å². The second-order valence-electron chi connectivity index (χ2n) is 8.69. The first kappa shape index (κ1) is 26.4. The first-order valence-corrected chi connectivity index (χ1v) is 11.7. The molecule has 0 atom stereocenters. The number of pyridine rings is 1. The molecule has 4 rings (SSSR count). The van der Waals surface area contributed by atoms with Gasteiger partial charge >= 0.3 is 18.2 Å². The summed E-state index contributed by atoms with van der Waals surface area (Å²) in [6.45, 7) is 0.492. The molecule has 0 radical (unpaired) electrons. The van der Waals surface area contributed by atoms with E-state index in [1.54, 1.807) is 35.5 Å². The maximum atomic E-state index is 13.1. The molecule has 9 heteroatoms. The monoisotopic (exact) mass is 519 g/mol. The summed E-state index contributed by atoms with van der Waals surface area (Å²) >= 11 is 0. The third-order valence-corrected chi connectivity index (χ3v) is 5.82. The summed E-state index contributed by atoms with van der Waals surface area (Å²) in [6.07, 6.45) is -1.22. The molecule has 0 bridgehead atoms. The normalized spacial score (nSPS) is 11.1. The number of halogens is 3. The van der Waals surface area contributed by atoms with Crippen LogP contribution in [0.15, 0.2) is 97.3 Å². The zero-order valence-electron chi connectivity index (χ0n) is 20.2. The molecular weight excluding hydrogens is 495 g/mol. The van der Waals surface area contributed by atoms with Gasteiger partial charge in [-0.3, -0.25) is 9.78 Å². The summed E-state index contributed by atoms with van der Waals surface area (Å²) in [7, 11) is 0. The van der Waals surface area contributed by atoms with Crippen LogP contribution in [-0.2, 0) is 30.5 Å². The molecular formula is C29H24F3N3O3. The van der Waals surface area contributed by atoms with Crippen molar-refractivity contribution in [3.63, 3.8) is 0 Å². The van der Waals surface area contributed by atoms with Crippen LogP contribution >= 0.6 is 0 Å². The van der Waals surface area contributed by atoms with Crippen LogP contribution in [0.4, 0.5) is 23.7 Å². The smallest absolute Gasteiger partial charge is 0.416 e. The van der Waals surface area contributed by atoms with Gasteiger partial charge in [-0.05, 0) is 58.1 Å². The van der Waals surface area contributed by atoms with E-state index in [4.69, 9.17) is 5.11 Å². The molecule has 194 valence electrons. The zero-order valence-corrected chi connectivity index (χ0v) is 20.2. The minimum atomic E-state index is -4.46. The van der Waals surface area contributed by atoms with Crippen molar-refractivity contribution < 1.29 is 27.9 Å². The fraction of sp³-hybridized carbons (Fsp3) is 0.138. The van der Waals surface area contributed by atoms with E-state index in [1.165, 1.54) is 12.1 Å². The summed E-state index contributed by atoms with van der Waals surface area (Å²) in [6, 6.07) is 22.3. The molecule has 3 aromatic carbocycles. The Hall–Kier alpha value is -4.66. The molecule has 0 saturated carbocycles. The number of nitrogens with zero attached hydrogens (tertiary/aromatic N) is 2. The fourth-order valence-electron chi connectivity index (χ4n) is 3.87. The molecule has 0 unspecified atom stereocenters. The minimum Gasteiger partial charge on any atom is -0.481 e. The van der Waals surface area contributed by atoms with Crippen LogP contribution in [0.2, 0.25) is 0 Å². The third kappa shape index (κ3) is 7.19. The maximum Gasteiger partial charge on any atom is 0.416 e. The zero-order chi connectivity index (χ0) is 27.1. The van der Waals surface area contributed by atoms with Crippen LogP contribution in [0.25, 0.3) is 11.1 Å². The number of nitrogens with one attached hydrogen (secondary N) is 1. The molecule has 0 fully saturated rings. The Labute approximate surface area is 217 Å². The van der Waals surface area contributed by atoms with E-state index in [1.807, 2.05) is 42.5 Å². The second kappa shape index (κ2) is 11.6. The average Bonchev–Trinajstić information content (AvgIpc) is 2.89. The summed E-state index contributed by atoms with van der Waals surface area (Å²) in [5, 5.41) is 11.6. The molecule has 1 aromatic heterocycles. The van der Waals surface area contributed by atoms with Gasteiger partial charge in [0.2, 0.25) is 0 Å². The van der Waals surface area contributed by atoms with Crippen LogP contribution in [0.3, 0.4) is 0 Å². The van der Waals surface area contributed by atoms with E-state index in [9.17, 15) is 22.8 Å². The van der Waals surface area contributed by atoms with Crippen molar-refractivity contribution in [1.29, 1.82) is 0 Å². The quantitative estimate of drug-likeness (QED) is 0.274. The highest BCUT2D eigenvalue weighted by molar-refractivity contribution is 5.89. The summed E-state index contributed by atoms with van der Waals surface area (Å²) in [5.74, 6) is -0.889. The highest BCUT2D eigenvalue weighted by Gasteiger charge is 2.30. The van der Waals surface area contributed by atoms with Gasteiger partial charge in [0, 0.05) is 31.2 Å². The van der Waals surface area contributed by atoms with Crippen LogP contribution in [0.1, 0.15) is 22.3 Å². The highest BCUT2D eigenvalue weighted by atomic mass is 19.4. The van der Waals surface area contributed by atoms with Gasteiger partial charge in [-0.2, -0.15) is 13.2 Å². The van der Waals surface area contributed by atoms with E-state index in [-0.39, 0.29) is 25.2 Å². The van der Waals surface area contributed by atoms with Gasteiger partial charge in [-0.25, -0.2) is 4.79 Å². The van der Waals surface area contributed by atoms with Gasteiger partial charge in [0.05, 0.1) is 12.0 Å². The number of hydrogen-bond acceptors (Lipinski definition) is 3. The number of carboxylic acids is 1. The number of anilines is 1. The van der Waals surface area contributed by atoms with Gasteiger partial charge in [0.25, 0.3) is 0 Å². The SMILES string of the molecule is O=C(O)Cc1ccc(-c2ccc(CN(Cc3cccnc3)C(=O)Nc3ccc(C(F)(F)F)cc3)cc2)cc1. The molecule has 2 N–H and O–H groups in total. The Morgan fingerprint density at radius 3 is 1.89 bits per heavy atom. The Morgan fingerprint density at radius 2 is 1.37 bits per heavy atom. The first-order chi connectivity index (χ1) is 18.2. The molecule has 6 nitrogen and oxygen atoms in total. The van der Waals surface area contributed by atoms with E-state index >= 15 is 0 Å². The number of aromatic nitrogens is 1. The van der Waals surface area contributed by atoms with Crippen molar-refractivity contribution in [2.45, 2.75) is 25.7 Å². The van der Waals surface area contributed by atoms with Gasteiger partial charge in [-0.1, -0.05) is 54.6 Å². The van der Waals surface area contributed by atoms with Crippen molar-refractivity contribution in [2.24, 2.45) is 0 Å². The molecule has 0 saturated heterocycles. The predicted molar refractivity (Wildman–Crippen MR) is 137 cm³/mol. The second-order valence-corrected chi connectivity index (χ2v) is 8.69. The number of benzene rings is 3. The Kier molecular flexibility index (Phi) is 8.06. The number of amides is 2. The van der Waals surface area contributed by atoms with Gasteiger partial charge in [0.1, 0.15) is 0 Å².